The van der Waals surface area contributed by atoms with Crippen LogP contribution in [0.15, 0.2) is 12.1 Å². The smallest absolute Gasteiger partial charge is 0.387 e. The molecule has 1 rings (SSSR count). The van der Waals surface area contributed by atoms with Crippen molar-refractivity contribution in [1.29, 1.82) is 0 Å². The van der Waals surface area contributed by atoms with Gasteiger partial charge in [0.25, 0.3) is 0 Å². The van der Waals surface area contributed by atoms with Gasteiger partial charge in [-0.15, -0.1) is 0 Å². The first-order valence-electron chi connectivity index (χ1n) is 4.06. The van der Waals surface area contributed by atoms with Gasteiger partial charge >= 0.3 is 6.61 Å². The molecule has 2 nitrogen and oxygen atoms in total. The van der Waals surface area contributed by atoms with Gasteiger partial charge in [-0.2, -0.15) is 8.78 Å². The van der Waals surface area contributed by atoms with Crippen LogP contribution in [0.25, 0.3) is 0 Å². The summed E-state index contributed by atoms with van der Waals surface area (Å²) < 4.78 is 28.1. The fourth-order valence-corrected chi connectivity index (χ4v) is 1.20. The van der Waals surface area contributed by atoms with Crippen LogP contribution in [0.4, 0.5) is 8.78 Å². The van der Waals surface area contributed by atoms with E-state index in [0.29, 0.717) is 17.4 Å². The van der Waals surface area contributed by atoms with E-state index in [1.807, 2.05) is 0 Å². The van der Waals surface area contributed by atoms with Gasteiger partial charge in [0, 0.05) is 5.56 Å². The van der Waals surface area contributed by atoms with E-state index in [2.05, 4.69) is 4.74 Å². The Kier molecular flexibility index (Phi) is 3.17. The van der Waals surface area contributed by atoms with Crippen LogP contribution in [-0.2, 0) is 0 Å². The largest absolute Gasteiger partial charge is 0.435 e. The summed E-state index contributed by atoms with van der Waals surface area (Å²) in [6.45, 7) is 0.526. The number of carbonyl (C=O) groups excluding carboxylic acids is 1. The van der Waals surface area contributed by atoms with E-state index in [9.17, 15) is 13.6 Å². The van der Waals surface area contributed by atoms with Crippen LogP contribution < -0.4 is 4.74 Å². The second-order valence-electron chi connectivity index (χ2n) is 2.97. The molecule has 4 heteroatoms. The molecular weight excluding hydrogens is 190 g/mol. The molecule has 0 atom stereocenters. The summed E-state index contributed by atoms with van der Waals surface area (Å²) in [5.74, 6) is 0.0488. The van der Waals surface area contributed by atoms with Crippen molar-refractivity contribution in [3.8, 4) is 5.75 Å². The molecule has 0 heterocycles. The monoisotopic (exact) mass is 200 g/mol. The summed E-state index contributed by atoms with van der Waals surface area (Å²) in [5.41, 5.74) is 1.71. The fourth-order valence-electron chi connectivity index (χ4n) is 1.20. The Morgan fingerprint density at radius 1 is 1.29 bits per heavy atom. The van der Waals surface area contributed by atoms with E-state index >= 15 is 0 Å². The summed E-state index contributed by atoms with van der Waals surface area (Å²) in [6, 6.07) is 2.96. The van der Waals surface area contributed by atoms with Gasteiger partial charge in [0.05, 0.1) is 0 Å². The van der Waals surface area contributed by atoms with Crippen molar-refractivity contribution in [2.75, 3.05) is 0 Å². The molecule has 0 radical (unpaired) electrons. The minimum atomic E-state index is -2.86. The summed E-state index contributed by atoms with van der Waals surface area (Å²) in [7, 11) is 0. The average Bonchev–Trinajstić information content (AvgIpc) is 2.09. The third kappa shape index (κ3) is 2.28. The number of ether oxygens (including phenoxy) is 1. The van der Waals surface area contributed by atoms with Crippen molar-refractivity contribution in [1.82, 2.24) is 0 Å². The molecular formula is C10H10F2O2. The molecule has 0 spiro atoms. The van der Waals surface area contributed by atoms with Gasteiger partial charge in [-0.05, 0) is 31.0 Å². The number of alkyl halides is 2. The van der Waals surface area contributed by atoms with Crippen molar-refractivity contribution >= 4 is 6.29 Å². The lowest BCUT2D eigenvalue weighted by Gasteiger charge is -2.09. The Balaban J connectivity index is 3.10. The van der Waals surface area contributed by atoms with E-state index < -0.39 is 6.61 Å². The van der Waals surface area contributed by atoms with Crippen molar-refractivity contribution in [2.45, 2.75) is 20.5 Å². The number of aryl methyl sites for hydroxylation is 2. The van der Waals surface area contributed by atoms with Crippen LogP contribution in [0.3, 0.4) is 0 Å². The fraction of sp³-hybridized carbons (Fsp3) is 0.300. The number of halogens is 2. The van der Waals surface area contributed by atoms with Gasteiger partial charge in [0.2, 0.25) is 0 Å². The second kappa shape index (κ2) is 4.17. The summed E-state index contributed by atoms with van der Waals surface area (Å²) in [5, 5.41) is 0. The van der Waals surface area contributed by atoms with Crippen molar-refractivity contribution in [3.63, 3.8) is 0 Å². The zero-order valence-corrected chi connectivity index (χ0v) is 7.88. The van der Waals surface area contributed by atoms with E-state index in [4.69, 9.17) is 0 Å². The Hall–Kier alpha value is -1.45. The predicted molar refractivity (Wildman–Crippen MR) is 47.9 cm³/mol. The number of hydrogen-bond donors (Lipinski definition) is 0. The van der Waals surface area contributed by atoms with Crippen LogP contribution in [0.1, 0.15) is 21.5 Å². The Bertz CT molecular complexity index is 348. The summed E-state index contributed by atoms with van der Waals surface area (Å²) in [4.78, 5) is 10.5. The molecule has 0 aliphatic carbocycles. The Morgan fingerprint density at radius 3 is 2.43 bits per heavy atom. The van der Waals surface area contributed by atoms with Crippen molar-refractivity contribution in [3.05, 3.63) is 28.8 Å². The van der Waals surface area contributed by atoms with Crippen LogP contribution in [0, 0.1) is 13.8 Å². The van der Waals surface area contributed by atoms with Crippen LogP contribution >= 0.6 is 0 Å². The zero-order chi connectivity index (χ0) is 10.7. The maximum Gasteiger partial charge on any atom is 0.387 e. The minimum Gasteiger partial charge on any atom is -0.435 e. The summed E-state index contributed by atoms with van der Waals surface area (Å²) in [6.07, 6.45) is 0.618. The first-order chi connectivity index (χ1) is 6.54. The third-order valence-electron chi connectivity index (χ3n) is 1.91. The van der Waals surface area contributed by atoms with Gasteiger partial charge in [0.15, 0.2) is 0 Å². The standard InChI is InChI=1S/C10H10F2O2/c1-6-3-7(2)9(14-10(11)12)4-8(6)5-13/h3-5,10H,1-2H3. The number of aldehydes is 1. The predicted octanol–water partition coefficient (Wildman–Crippen LogP) is 2.72. The van der Waals surface area contributed by atoms with E-state index in [0.717, 1.165) is 5.56 Å². The van der Waals surface area contributed by atoms with E-state index in [1.54, 1.807) is 19.9 Å². The number of hydrogen-bond acceptors (Lipinski definition) is 2. The van der Waals surface area contributed by atoms with Gasteiger partial charge in [-0.1, -0.05) is 6.07 Å². The topological polar surface area (TPSA) is 26.3 Å². The first kappa shape index (κ1) is 10.6. The highest BCUT2D eigenvalue weighted by Crippen LogP contribution is 2.23. The van der Waals surface area contributed by atoms with Crippen LogP contribution in [0.2, 0.25) is 0 Å². The third-order valence-corrected chi connectivity index (χ3v) is 1.91. The molecule has 0 bridgehead atoms. The zero-order valence-electron chi connectivity index (χ0n) is 7.88. The quantitative estimate of drug-likeness (QED) is 0.701. The molecule has 76 valence electrons. The molecule has 0 aromatic heterocycles. The van der Waals surface area contributed by atoms with Gasteiger partial charge < -0.3 is 4.74 Å². The summed E-state index contributed by atoms with van der Waals surface area (Å²) >= 11 is 0. The molecule has 0 aliphatic rings. The van der Waals surface area contributed by atoms with Crippen LogP contribution in [-0.4, -0.2) is 12.9 Å². The van der Waals surface area contributed by atoms with E-state index in [-0.39, 0.29) is 5.75 Å². The Labute approximate surface area is 80.5 Å². The first-order valence-corrected chi connectivity index (χ1v) is 4.06. The lowest BCUT2D eigenvalue weighted by atomic mass is 10.1. The van der Waals surface area contributed by atoms with Gasteiger partial charge in [0.1, 0.15) is 12.0 Å². The molecule has 0 N–H and O–H groups in total. The normalized spacial score (nSPS) is 10.4. The van der Waals surface area contributed by atoms with Crippen LogP contribution in [0.5, 0.6) is 5.75 Å². The highest BCUT2D eigenvalue weighted by Gasteiger charge is 2.09. The van der Waals surface area contributed by atoms with Gasteiger partial charge in [-0.25, -0.2) is 0 Å². The molecule has 14 heavy (non-hydrogen) atoms. The minimum absolute atomic E-state index is 0.0488. The molecule has 0 unspecified atom stereocenters. The Morgan fingerprint density at radius 2 is 1.93 bits per heavy atom. The molecule has 0 amide bonds. The lowest BCUT2D eigenvalue weighted by Crippen LogP contribution is -2.04. The maximum absolute atomic E-state index is 11.9. The van der Waals surface area contributed by atoms with Gasteiger partial charge in [-0.3, -0.25) is 4.79 Å². The van der Waals surface area contributed by atoms with E-state index in [1.165, 1.54) is 6.07 Å². The second-order valence-corrected chi connectivity index (χ2v) is 2.97. The highest BCUT2D eigenvalue weighted by atomic mass is 19.3. The molecule has 1 aromatic carbocycles. The maximum atomic E-state index is 11.9. The lowest BCUT2D eigenvalue weighted by molar-refractivity contribution is -0.0503. The SMILES string of the molecule is Cc1cc(C)c(OC(F)F)cc1C=O. The number of rotatable bonds is 3. The molecule has 0 saturated heterocycles. The average molecular weight is 200 g/mol. The highest BCUT2D eigenvalue weighted by molar-refractivity contribution is 5.78. The van der Waals surface area contributed by atoms with Crippen molar-refractivity contribution < 1.29 is 18.3 Å². The number of benzene rings is 1. The van der Waals surface area contributed by atoms with Crippen molar-refractivity contribution in [2.24, 2.45) is 0 Å². The molecule has 0 saturated carbocycles. The molecule has 0 fully saturated rings. The molecule has 1 aromatic rings. The molecule has 0 aliphatic heterocycles. The number of carbonyl (C=O) groups is 1.